The maximum absolute atomic E-state index is 11.8. The molecule has 20 heavy (non-hydrogen) atoms. The van der Waals surface area contributed by atoms with Gasteiger partial charge in [-0.2, -0.15) is 0 Å². The molecule has 0 atom stereocenters. The van der Waals surface area contributed by atoms with E-state index in [1.54, 1.807) is 0 Å². The largest absolute Gasteiger partial charge is 0.294 e. The summed E-state index contributed by atoms with van der Waals surface area (Å²) >= 11 is 0. The minimum Gasteiger partial charge on any atom is -0.294 e. The molecule has 2 aromatic carbocycles. The number of ketones is 2. The molecule has 0 N–H and O–H groups in total. The lowest BCUT2D eigenvalue weighted by Crippen LogP contribution is -2.05. The van der Waals surface area contributed by atoms with Gasteiger partial charge in [-0.15, -0.1) is 0 Å². The summed E-state index contributed by atoms with van der Waals surface area (Å²) < 4.78 is 0. The summed E-state index contributed by atoms with van der Waals surface area (Å²) in [7, 11) is 0. The van der Waals surface area contributed by atoms with E-state index < -0.39 is 0 Å². The van der Waals surface area contributed by atoms with E-state index in [-0.39, 0.29) is 11.6 Å². The lowest BCUT2D eigenvalue weighted by Gasteiger charge is -2.25. The Kier molecular flexibility index (Phi) is 3.01. The average Bonchev–Trinajstić information content (AvgIpc) is 2.50. The van der Waals surface area contributed by atoms with E-state index in [0.29, 0.717) is 12.8 Å². The Hall–Kier alpha value is -2.22. The van der Waals surface area contributed by atoms with E-state index >= 15 is 0 Å². The van der Waals surface area contributed by atoms with E-state index in [4.69, 9.17) is 0 Å². The monoisotopic (exact) mass is 264 g/mol. The highest BCUT2D eigenvalue weighted by molar-refractivity contribution is 6.08. The fourth-order valence-corrected chi connectivity index (χ4v) is 2.70. The van der Waals surface area contributed by atoms with Crippen molar-refractivity contribution in [2.24, 2.45) is 0 Å². The molecule has 0 bridgehead atoms. The first-order valence-electron chi connectivity index (χ1n) is 7.01. The molecule has 0 aliphatic heterocycles. The summed E-state index contributed by atoms with van der Waals surface area (Å²) in [5.41, 5.74) is 6.05. The summed E-state index contributed by atoms with van der Waals surface area (Å²) in [4.78, 5) is 23.5. The number of benzene rings is 2. The minimum atomic E-state index is 0.166. The first-order chi connectivity index (χ1) is 9.65. The van der Waals surface area contributed by atoms with Gasteiger partial charge in [0.2, 0.25) is 0 Å². The van der Waals surface area contributed by atoms with Gasteiger partial charge in [0.25, 0.3) is 0 Å². The molecule has 2 aromatic rings. The second-order valence-electron chi connectivity index (χ2n) is 5.07. The summed E-state index contributed by atoms with van der Waals surface area (Å²) in [5, 5.41) is 0. The molecule has 0 saturated carbocycles. The highest BCUT2D eigenvalue weighted by atomic mass is 16.1. The van der Waals surface area contributed by atoms with Gasteiger partial charge in [0, 0.05) is 24.0 Å². The molecule has 2 heteroatoms. The zero-order valence-electron chi connectivity index (χ0n) is 11.7. The summed E-state index contributed by atoms with van der Waals surface area (Å²) in [6.45, 7) is 3.75. The van der Waals surface area contributed by atoms with Crippen LogP contribution in [0.1, 0.15) is 47.4 Å². The molecule has 0 heterocycles. The second-order valence-corrected chi connectivity index (χ2v) is 5.07. The van der Waals surface area contributed by atoms with Gasteiger partial charge in [-0.05, 0) is 34.4 Å². The maximum atomic E-state index is 11.8. The number of Topliss-reactive ketones (excluding diaryl/α,β-unsaturated/α-hetero) is 2. The number of fused-ring (bicyclic) bond motifs is 4. The van der Waals surface area contributed by atoms with Crippen LogP contribution in [0.5, 0.6) is 0 Å². The number of rotatable bonds is 4. The van der Waals surface area contributed by atoms with Crippen molar-refractivity contribution in [2.75, 3.05) is 0 Å². The van der Waals surface area contributed by atoms with Crippen molar-refractivity contribution in [3.8, 4) is 22.3 Å². The van der Waals surface area contributed by atoms with E-state index in [9.17, 15) is 9.59 Å². The number of hydrogen-bond donors (Lipinski definition) is 0. The van der Waals surface area contributed by atoms with Crippen LogP contribution in [0.4, 0.5) is 0 Å². The highest BCUT2D eigenvalue weighted by Crippen LogP contribution is 2.47. The number of carbonyl (C=O) groups excluding carboxylic acids is 2. The molecular formula is C18H16O2. The van der Waals surface area contributed by atoms with Crippen LogP contribution in [0.2, 0.25) is 0 Å². The Labute approximate surface area is 118 Å². The molecule has 2 nitrogen and oxygen atoms in total. The quantitative estimate of drug-likeness (QED) is 0.649. The predicted octanol–water partition coefficient (Wildman–Crippen LogP) is 4.52. The second kappa shape index (κ2) is 4.71. The van der Waals surface area contributed by atoms with Crippen molar-refractivity contribution >= 4 is 11.6 Å². The van der Waals surface area contributed by atoms with Crippen LogP contribution in [-0.2, 0) is 0 Å². The average molecular weight is 264 g/mol. The van der Waals surface area contributed by atoms with Crippen LogP contribution in [0.25, 0.3) is 22.3 Å². The Morgan fingerprint density at radius 2 is 1.10 bits per heavy atom. The van der Waals surface area contributed by atoms with Gasteiger partial charge in [0.05, 0.1) is 0 Å². The first-order valence-corrected chi connectivity index (χ1v) is 7.01. The summed E-state index contributed by atoms with van der Waals surface area (Å²) in [6.07, 6.45) is 1.05. The zero-order chi connectivity index (χ0) is 14.3. The molecule has 0 radical (unpaired) electrons. The normalized spacial score (nSPS) is 11.3. The van der Waals surface area contributed by atoms with Crippen molar-refractivity contribution in [3.63, 3.8) is 0 Å². The van der Waals surface area contributed by atoms with Gasteiger partial charge < -0.3 is 0 Å². The van der Waals surface area contributed by atoms with Gasteiger partial charge >= 0.3 is 0 Å². The number of hydrogen-bond acceptors (Lipinski definition) is 2. The maximum Gasteiger partial charge on any atom is 0.162 e. The van der Waals surface area contributed by atoms with Crippen molar-refractivity contribution < 1.29 is 9.59 Å². The molecule has 1 aliphatic carbocycles. The topological polar surface area (TPSA) is 34.1 Å². The third kappa shape index (κ3) is 1.80. The fraction of sp³-hybridized carbons (Fsp3) is 0.222. The Morgan fingerprint density at radius 3 is 1.45 bits per heavy atom. The van der Waals surface area contributed by atoms with E-state index in [1.165, 1.54) is 0 Å². The zero-order valence-corrected chi connectivity index (χ0v) is 11.7. The molecular weight excluding hydrogens is 248 g/mol. The molecule has 0 saturated heterocycles. The third-order valence-corrected chi connectivity index (χ3v) is 3.91. The van der Waals surface area contributed by atoms with Crippen LogP contribution in [0, 0.1) is 0 Å². The van der Waals surface area contributed by atoms with Gasteiger partial charge in [-0.1, -0.05) is 38.1 Å². The molecule has 1 aliphatic rings. The smallest absolute Gasteiger partial charge is 0.162 e. The van der Waals surface area contributed by atoms with E-state index in [1.807, 2.05) is 50.2 Å². The predicted molar refractivity (Wildman–Crippen MR) is 80.1 cm³/mol. The SMILES string of the molecule is CCC(=O)c1ccc2c(c1)-c1ccc(C(=O)CC)cc1-2. The molecule has 0 fully saturated rings. The molecule has 0 aromatic heterocycles. The highest BCUT2D eigenvalue weighted by Gasteiger charge is 2.24. The van der Waals surface area contributed by atoms with Gasteiger partial charge in [-0.25, -0.2) is 0 Å². The lowest BCUT2D eigenvalue weighted by atomic mass is 9.78. The Morgan fingerprint density at radius 1 is 0.700 bits per heavy atom. The van der Waals surface area contributed by atoms with Crippen LogP contribution in [0.3, 0.4) is 0 Å². The summed E-state index contributed by atoms with van der Waals surface area (Å²) in [6, 6.07) is 11.7. The molecule has 0 amide bonds. The molecule has 0 unspecified atom stereocenters. The van der Waals surface area contributed by atoms with Crippen molar-refractivity contribution in [3.05, 3.63) is 47.5 Å². The molecule has 0 spiro atoms. The van der Waals surface area contributed by atoms with Gasteiger partial charge in [0.15, 0.2) is 11.6 Å². The van der Waals surface area contributed by atoms with Crippen molar-refractivity contribution in [1.82, 2.24) is 0 Å². The van der Waals surface area contributed by atoms with Crippen LogP contribution in [-0.4, -0.2) is 11.6 Å². The van der Waals surface area contributed by atoms with Crippen molar-refractivity contribution in [1.29, 1.82) is 0 Å². The third-order valence-electron chi connectivity index (χ3n) is 3.91. The van der Waals surface area contributed by atoms with Gasteiger partial charge in [-0.3, -0.25) is 9.59 Å². The minimum absolute atomic E-state index is 0.166. The standard InChI is InChI=1S/C18H16O2/c1-3-17(19)11-5-7-13-15(9-11)14-8-6-12(10-16(13)14)18(20)4-2/h5-10H,3-4H2,1-2H3. The lowest BCUT2D eigenvalue weighted by molar-refractivity contribution is 0.0980. The first kappa shape index (κ1) is 12.8. The van der Waals surface area contributed by atoms with E-state index in [0.717, 1.165) is 33.4 Å². The van der Waals surface area contributed by atoms with Crippen LogP contribution >= 0.6 is 0 Å². The summed E-state index contributed by atoms with van der Waals surface area (Å²) in [5.74, 6) is 0.332. The van der Waals surface area contributed by atoms with Crippen molar-refractivity contribution in [2.45, 2.75) is 26.7 Å². The van der Waals surface area contributed by atoms with Crippen LogP contribution in [0.15, 0.2) is 36.4 Å². The molecule has 3 rings (SSSR count). The fourth-order valence-electron chi connectivity index (χ4n) is 2.70. The Bertz CT molecular complexity index is 648. The van der Waals surface area contributed by atoms with Crippen LogP contribution < -0.4 is 0 Å². The molecule has 100 valence electrons. The number of carbonyl (C=O) groups is 2. The van der Waals surface area contributed by atoms with Gasteiger partial charge in [0.1, 0.15) is 0 Å². The Balaban J connectivity index is 2.01. The van der Waals surface area contributed by atoms with E-state index in [2.05, 4.69) is 0 Å².